The Balaban J connectivity index is 1.77. The van der Waals surface area contributed by atoms with Crippen molar-refractivity contribution in [3.63, 3.8) is 0 Å². The lowest BCUT2D eigenvalue weighted by atomic mass is 9.97. The summed E-state index contributed by atoms with van der Waals surface area (Å²) < 4.78 is 16.9. The lowest BCUT2D eigenvalue weighted by Crippen LogP contribution is -2.41. The predicted molar refractivity (Wildman–Crippen MR) is 92.2 cm³/mol. The molecule has 2 aromatic rings. The van der Waals surface area contributed by atoms with Gasteiger partial charge in [0.25, 0.3) is 0 Å². The van der Waals surface area contributed by atoms with Crippen LogP contribution in [0.4, 0.5) is 5.88 Å². The fourth-order valence-corrected chi connectivity index (χ4v) is 2.81. The van der Waals surface area contributed by atoms with Crippen LogP contribution >= 0.6 is 0 Å². The van der Waals surface area contributed by atoms with Gasteiger partial charge in [-0.3, -0.25) is 4.90 Å². The maximum absolute atomic E-state index is 9.34. The standard InChI is InChI=1S/C18H24N4O3/c1-18(2,3)17-21-13(11-19)16(25-17)20-12-14(15-5-4-8-24-15)22-6-9-23-10-7-22/h4-5,8,14,20H,6-7,9-10,12H2,1-3H3/t14-/m0/s1. The molecule has 1 atom stereocenters. The second kappa shape index (κ2) is 7.30. The molecule has 0 spiro atoms. The van der Waals surface area contributed by atoms with Gasteiger partial charge in [0.15, 0.2) is 0 Å². The van der Waals surface area contributed by atoms with Crippen molar-refractivity contribution in [3.8, 4) is 6.07 Å². The molecule has 134 valence electrons. The van der Waals surface area contributed by atoms with Gasteiger partial charge in [-0.25, -0.2) is 0 Å². The Hall–Kier alpha value is -2.30. The smallest absolute Gasteiger partial charge is 0.232 e. The molecule has 2 aromatic heterocycles. The van der Waals surface area contributed by atoms with E-state index in [-0.39, 0.29) is 17.2 Å². The molecule has 0 bridgehead atoms. The first-order valence-electron chi connectivity index (χ1n) is 8.49. The number of nitrogens with one attached hydrogen (secondary N) is 1. The van der Waals surface area contributed by atoms with E-state index in [0.29, 0.717) is 31.5 Å². The predicted octanol–water partition coefficient (Wildman–Crippen LogP) is 2.92. The number of hydrogen-bond acceptors (Lipinski definition) is 7. The molecule has 1 fully saturated rings. The Labute approximate surface area is 147 Å². The van der Waals surface area contributed by atoms with Crippen LogP contribution in [0, 0.1) is 11.3 Å². The number of anilines is 1. The molecule has 0 aliphatic carbocycles. The maximum atomic E-state index is 9.34. The van der Waals surface area contributed by atoms with Crippen molar-refractivity contribution >= 4 is 5.88 Å². The third-order valence-corrected chi connectivity index (χ3v) is 4.19. The highest BCUT2D eigenvalue weighted by atomic mass is 16.5. The van der Waals surface area contributed by atoms with Crippen LogP contribution in [0.3, 0.4) is 0 Å². The van der Waals surface area contributed by atoms with Gasteiger partial charge in [-0.15, -0.1) is 0 Å². The van der Waals surface area contributed by atoms with Gasteiger partial charge in [0.2, 0.25) is 17.5 Å². The van der Waals surface area contributed by atoms with Crippen LogP contribution in [0.5, 0.6) is 0 Å². The summed E-state index contributed by atoms with van der Waals surface area (Å²) in [4.78, 5) is 6.61. The summed E-state index contributed by atoms with van der Waals surface area (Å²) in [7, 11) is 0. The van der Waals surface area contributed by atoms with E-state index in [9.17, 15) is 5.26 Å². The zero-order valence-corrected chi connectivity index (χ0v) is 14.9. The van der Waals surface area contributed by atoms with Crippen LogP contribution in [0.15, 0.2) is 27.2 Å². The number of nitriles is 1. The van der Waals surface area contributed by atoms with E-state index in [1.54, 1.807) is 6.26 Å². The van der Waals surface area contributed by atoms with Crippen LogP contribution in [-0.2, 0) is 10.2 Å². The zero-order valence-electron chi connectivity index (χ0n) is 14.9. The minimum Gasteiger partial charge on any atom is -0.468 e. The number of morpholine rings is 1. The van der Waals surface area contributed by atoms with Crippen LogP contribution in [0.25, 0.3) is 0 Å². The minimum atomic E-state index is -0.254. The number of furan rings is 1. The largest absolute Gasteiger partial charge is 0.468 e. The Morgan fingerprint density at radius 2 is 2.12 bits per heavy atom. The molecule has 25 heavy (non-hydrogen) atoms. The monoisotopic (exact) mass is 344 g/mol. The van der Waals surface area contributed by atoms with Crippen molar-refractivity contribution in [2.24, 2.45) is 0 Å². The number of hydrogen-bond donors (Lipinski definition) is 1. The number of oxazole rings is 1. The summed E-state index contributed by atoms with van der Waals surface area (Å²) in [5, 5.41) is 12.6. The number of aromatic nitrogens is 1. The molecule has 1 aliphatic rings. The highest BCUT2D eigenvalue weighted by molar-refractivity contribution is 5.46. The average Bonchev–Trinajstić information content (AvgIpc) is 3.25. The second-order valence-corrected chi connectivity index (χ2v) is 7.12. The highest BCUT2D eigenvalue weighted by Gasteiger charge is 2.27. The van der Waals surface area contributed by atoms with E-state index in [0.717, 1.165) is 18.8 Å². The van der Waals surface area contributed by atoms with Gasteiger partial charge in [-0.05, 0) is 12.1 Å². The fourth-order valence-electron chi connectivity index (χ4n) is 2.81. The maximum Gasteiger partial charge on any atom is 0.232 e. The third kappa shape index (κ3) is 4.03. The highest BCUT2D eigenvalue weighted by Crippen LogP contribution is 2.28. The van der Waals surface area contributed by atoms with Crippen LogP contribution in [-0.4, -0.2) is 42.7 Å². The minimum absolute atomic E-state index is 0.0358. The zero-order chi connectivity index (χ0) is 17.9. The Bertz CT molecular complexity index is 719. The summed E-state index contributed by atoms with van der Waals surface area (Å²) in [5.74, 6) is 1.84. The lowest BCUT2D eigenvalue weighted by Gasteiger charge is -2.33. The average molecular weight is 344 g/mol. The van der Waals surface area contributed by atoms with E-state index < -0.39 is 0 Å². The van der Waals surface area contributed by atoms with Gasteiger partial charge >= 0.3 is 0 Å². The summed E-state index contributed by atoms with van der Waals surface area (Å²) in [6.45, 7) is 9.65. The van der Waals surface area contributed by atoms with Crippen LogP contribution in [0.1, 0.15) is 44.2 Å². The van der Waals surface area contributed by atoms with E-state index >= 15 is 0 Å². The van der Waals surface area contributed by atoms with Crippen molar-refractivity contribution in [2.45, 2.75) is 32.2 Å². The van der Waals surface area contributed by atoms with E-state index in [1.807, 2.05) is 32.9 Å². The lowest BCUT2D eigenvalue weighted by molar-refractivity contribution is 0.0144. The molecular weight excluding hydrogens is 320 g/mol. The number of rotatable bonds is 5. The van der Waals surface area contributed by atoms with E-state index in [4.69, 9.17) is 13.6 Å². The summed E-state index contributed by atoms with van der Waals surface area (Å²) in [5.41, 5.74) is 0.0287. The molecular formula is C18H24N4O3. The topological polar surface area (TPSA) is 87.5 Å². The Morgan fingerprint density at radius 1 is 1.36 bits per heavy atom. The second-order valence-electron chi connectivity index (χ2n) is 7.12. The fraction of sp³-hybridized carbons (Fsp3) is 0.556. The van der Waals surface area contributed by atoms with Crippen LogP contribution in [0.2, 0.25) is 0 Å². The summed E-state index contributed by atoms with van der Waals surface area (Å²) in [6.07, 6.45) is 1.68. The Kier molecular flexibility index (Phi) is 5.11. The third-order valence-electron chi connectivity index (χ3n) is 4.19. The SMILES string of the molecule is CC(C)(C)c1nc(C#N)c(NC[C@@H](c2ccco2)N2CCOCC2)o1. The molecule has 3 heterocycles. The van der Waals surface area contributed by atoms with Crippen molar-refractivity contribution in [1.29, 1.82) is 5.26 Å². The van der Waals surface area contributed by atoms with Crippen molar-refractivity contribution in [2.75, 3.05) is 38.2 Å². The summed E-state index contributed by atoms with van der Waals surface area (Å²) in [6, 6.07) is 5.99. The number of ether oxygens (including phenoxy) is 1. The van der Waals surface area contributed by atoms with Gasteiger partial charge in [0.05, 0.1) is 25.5 Å². The molecule has 0 amide bonds. The van der Waals surface area contributed by atoms with Gasteiger partial charge in [0, 0.05) is 25.0 Å². The Morgan fingerprint density at radius 3 is 2.72 bits per heavy atom. The first-order chi connectivity index (χ1) is 12.0. The molecule has 1 N–H and O–H groups in total. The van der Waals surface area contributed by atoms with Gasteiger partial charge < -0.3 is 18.9 Å². The van der Waals surface area contributed by atoms with Crippen molar-refractivity contribution in [1.82, 2.24) is 9.88 Å². The van der Waals surface area contributed by atoms with Crippen molar-refractivity contribution < 1.29 is 13.6 Å². The first kappa shape index (κ1) is 17.5. The molecule has 1 saturated heterocycles. The summed E-state index contributed by atoms with van der Waals surface area (Å²) >= 11 is 0. The van der Waals surface area contributed by atoms with Gasteiger partial charge in [0.1, 0.15) is 11.8 Å². The van der Waals surface area contributed by atoms with E-state index in [1.165, 1.54) is 0 Å². The van der Waals surface area contributed by atoms with Crippen molar-refractivity contribution in [3.05, 3.63) is 35.7 Å². The normalized spacial score (nSPS) is 17.2. The quantitative estimate of drug-likeness (QED) is 0.892. The van der Waals surface area contributed by atoms with E-state index in [2.05, 4.69) is 21.3 Å². The molecule has 7 nitrogen and oxygen atoms in total. The molecule has 0 unspecified atom stereocenters. The molecule has 0 aromatic carbocycles. The van der Waals surface area contributed by atoms with Gasteiger partial charge in [-0.1, -0.05) is 20.8 Å². The molecule has 3 rings (SSSR count). The molecule has 1 aliphatic heterocycles. The first-order valence-corrected chi connectivity index (χ1v) is 8.49. The number of nitrogens with zero attached hydrogens (tertiary/aromatic N) is 3. The molecule has 7 heteroatoms. The van der Waals surface area contributed by atoms with Gasteiger partial charge in [-0.2, -0.15) is 10.2 Å². The van der Waals surface area contributed by atoms with Crippen LogP contribution < -0.4 is 5.32 Å². The molecule has 0 radical (unpaired) electrons. The molecule has 0 saturated carbocycles.